The van der Waals surface area contributed by atoms with E-state index in [1.807, 2.05) is 44.2 Å². The van der Waals surface area contributed by atoms with E-state index < -0.39 is 6.03 Å². The van der Waals surface area contributed by atoms with E-state index in [-0.39, 0.29) is 11.9 Å². The fraction of sp³-hybridized carbons (Fsp3) is 0.556. The van der Waals surface area contributed by atoms with Gasteiger partial charge in [-0.2, -0.15) is 0 Å². The minimum atomic E-state index is -0.415. The molecule has 7 nitrogen and oxygen atoms in total. The summed E-state index contributed by atoms with van der Waals surface area (Å²) in [6.45, 7) is 9.62. The van der Waals surface area contributed by atoms with Crippen molar-refractivity contribution in [3.8, 4) is 5.75 Å². The lowest BCUT2D eigenvalue weighted by Crippen LogP contribution is -3.28. The fourth-order valence-corrected chi connectivity index (χ4v) is 2.91. The van der Waals surface area contributed by atoms with Crippen LogP contribution in [0, 0.1) is 0 Å². The van der Waals surface area contributed by atoms with Crippen LogP contribution in [0.3, 0.4) is 0 Å². The van der Waals surface area contributed by atoms with Crippen LogP contribution < -0.4 is 25.2 Å². The predicted octanol–water partition coefficient (Wildman–Crippen LogP) is -1.92. The molecule has 1 aromatic carbocycles. The number of carbonyl (C=O) groups excluding carboxylic acids is 2. The van der Waals surface area contributed by atoms with Crippen LogP contribution in [0.15, 0.2) is 30.3 Å². The molecule has 1 saturated heterocycles. The van der Waals surface area contributed by atoms with E-state index in [0.29, 0.717) is 13.2 Å². The highest BCUT2D eigenvalue weighted by atomic mass is 16.5. The Balaban J connectivity index is 1.59. The molecular formula is C18H30N4O3+2. The maximum Gasteiger partial charge on any atom is 0.321 e. The number of hydrogen-bond acceptors (Lipinski definition) is 3. The van der Waals surface area contributed by atoms with Crippen LogP contribution in [0.5, 0.6) is 5.75 Å². The van der Waals surface area contributed by atoms with Gasteiger partial charge in [-0.3, -0.25) is 10.1 Å². The van der Waals surface area contributed by atoms with Crippen molar-refractivity contribution in [1.29, 1.82) is 0 Å². The van der Waals surface area contributed by atoms with E-state index in [1.54, 1.807) is 0 Å². The Labute approximate surface area is 149 Å². The Morgan fingerprint density at radius 1 is 1.08 bits per heavy atom. The largest absolute Gasteiger partial charge is 0.488 e. The molecule has 1 aliphatic rings. The first-order chi connectivity index (χ1) is 12.0. The van der Waals surface area contributed by atoms with Gasteiger partial charge in [0.15, 0.2) is 6.54 Å². The van der Waals surface area contributed by atoms with Crippen LogP contribution in [0.25, 0.3) is 0 Å². The number of ether oxygens (including phenoxy) is 1. The van der Waals surface area contributed by atoms with Gasteiger partial charge in [-0.25, -0.2) is 4.79 Å². The number of hydrogen-bond donors (Lipinski definition) is 4. The molecule has 0 spiro atoms. The Hall–Kier alpha value is -2.12. The summed E-state index contributed by atoms with van der Waals surface area (Å²) in [4.78, 5) is 26.1. The van der Waals surface area contributed by atoms with Crippen molar-refractivity contribution in [2.24, 2.45) is 0 Å². The second-order valence-corrected chi connectivity index (χ2v) is 6.76. The zero-order valence-electron chi connectivity index (χ0n) is 15.1. The molecular weight excluding hydrogens is 320 g/mol. The van der Waals surface area contributed by atoms with Crippen LogP contribution in [0.1, 0.15) is 13.8 Å². The number of para-hydroxylation sites is 1. The van der Waals surface area contributed by atoms with Gasteiger partial charge in [0.1, 0.15) is 45.1 Å². The molecule has 1 aromatic rings. The molecule has 0 atom stereocenters. The van der Waals surface area contributed by atoms with E-state index in [0.717, 1.165) is 38.5 Å². The summed E-state index contributed by atoms with van der Waals surface area (Å²) in [6.07, 6.45) is 0. The third-order valence-corrected chi connectivity index (χ3v) is 4.22. The van der Waals surface area contributed by atoms with Gasteiger partial charge in [-0.05, 0) is 26.0 Å². The van der Waals surface area contributed by atoms with Crippen molar-refractivity contribution < 1.29 is 24.1 Å². The van der Waals surface area contributed by atoms with Gasteiger partial charge in [0.05, 0.1) is 0 Å². The molecule has 0 aromatic heterocycles. The van der Waals surface area contributed by atoms with Gasteiger partial charge in [0.2, 0.25) is 0 Å². The summed E-state index contributed by atoms with van der Waals surface area (Å²) in [6, 6.07) is 9.44. The monoisotopic (exact) mass is 350 g/mol. The first-order valence-electron chi connectivity index (χ1n) is 8.98. The van der Waals surface area contributed by atoms with E-state index in [4.69, 9.17) is 4.74 Å². The lowest BCUT2D eigenvalue weighted by Gasteiger charge is -2.29. The van der Waals surface area contributed by atoms with Crippen LogP contribution in [-0.2, 0) is 4.79 Å². The number of carbonyl (C=O) groups is 2. The highest BCUT2D eigenvalue weighted by Crippen LogP contribution is 2.06. The average Bonchev–Trinajstić information content (AvgIpc) is 2.56. The molecule has 0 radical (unpaired) electrons. The van der Waals surface area contributed by atoms with Gasteiger partial charge in [-0.15, -0.1) is 0 Å². The Morgan fingerprint density at radius 3 is 2.36 bits per heavy atom. The highest BCUT2D eigenvalue weighted by Gasteiger charge is 2.25. The number of imide groups is 1. The van der Waals surface area contributed by atoms with Crippen molar-refractivity contribution in [3.63, 3.8) is 0 Å². The van der Waals surface area contributed by atoms with E-state index >= 15 is 0 Å². The molecule has 7 heteroatoms. The van der Waals surface area contributed by atoms with Crippen molar-refractivity contribution >= 4 is 11.9 Å². The second-order valence-electron chi connectivity index (χ2n) is 6.76. The van der Waals surface area contributed by atoms with Crippen molar-refractivity contribution in [2.45, 2.75) is 19.9 Å². The summed E-state index contributed by atoms with van der Waals surface area (Å²) in [5.74, 6) is 0.687. The first-order valence-corrected chi connectivity index (χ1v) is 8.98. The van der Waals surface area contributed by atoms with Crippen LogP contribution in [0.2, 0.25) is 0 Å². The van der Waals surface area contributed by atoms with Crippen molar-refractivity contribution in [3.05, 3.63) is 30.3 Å². The maximum atomic E-state index is 11.9. The third-order valence-electron chi connectivity index (χ3n) is 4.22. The number of piperazine rings is 1. The van der Waals surface area contributed by atoms with Crippen molar-refractivity contribution in [2.75, 3.05) is 45.9 Å². The van der Waals surface area contributed by atoms with E-state index in [9.17, 15) is 9.59 Å². The molecule has 138 valence electrons. The SMILES string of the molecule is CC(C)NC(=O)NC(=O)C[NH+]1CC[NH+](CCOc2ccccc2)CC1. The molecule has 0 saturated carbocycles. The lowest BCUT2D eigenvalue weighted by molar-refractivity contribution is -1.01. The number of benzene rings is 1. The Bertz CT molecular complexity index is 543. The van der Waals surface area contributed by atoms with Gasteiger partial charge >= 0.3 is 6.03 Å². The molecule has 1 fully saturated rings. The zero-order chi connectivity index (χ0) is 18.1. The fourth-order valence-electron chi connectivity index (χ4n) is 2.91. The number of urea groups is 1. The zero-order valence-corrected chi connectivity index (χ0v) is 15.1. The quantitative estimate of drug-likeness (QED) is 0.463. The van der Waals surface area contributed by atoms with E-state index in [2.05, 4.69) is 10.6 Å². The van der Waals surface area contributed by atoms with E-state index in [1.165, 1.54) is 9.80 Å². The molecule has 0 bridgehead atoms. The van der Waals surface area contributed by atoms with Crippen LogP contribution in [-0.4, -0.2) is 63.9 Å². The topological polar surface area (TPSA) is 76.3 Å². The molecule has 3 amide bonds. The molecule has 25 heavy (non-hydrogen) atoms. The maximum absolute atomic E-state index is 11.9. The number of amides is 3. The molecule has 0 aliphatic carbocycles. The van der Waals surface area contributed by atoms with Crippen molar-refractivity contribution in [1.82, 2.24) is 10.6 Å². The molecule has 0 unspecified atom stereocenters. The summed E-state index contributed by atoms with van der Waals surface area (Å²) < 4.78 is 5.74. The summed E-state index contributed by atoms with van der Waals surface area (Å²) in [5, 5.41) is 5.04. The van der Waals surface area contributed by atoms with Gasteiger partial charge in [-0.1, -0.05) is 18.2 Å². The minimum absolute atomic E-state index is 0.0189. The predicted molar refractivity (Wildman–Crippen MR) is 94.9 cm³/mol. The minimum Gasteiger partial charge on any atom is -0.488 e. The normalized spacial score (nSPS) is 20.1. The summed E-state index contributed by atoms with van der Waals surface area (Å²) in [5.41, 5.74) is 0. The highest BCUT2D eigenvalue weighted by molar-refractivity contribution is 5.94. The van der Waals surface area contributed by atoms with Gasteiger partial charge in [0, 0.05) is 6.04 Å². The molecule has 1 heterocycles. The first kappa shape index (κ1) is 19.2. The molecule has 4 N–H and O–H groups in total. The number of nitrogens with one attached hydrogen (secondary N) is 4. The summed E-state index contributed by atoms with van der Waals surface area (Å²) >= 11 is 0. The smallest absolute Gasteiger partial charge is 0.321 e. The molecule has 1 aliphatic heterocycles. The summed E-state index contributed by atoms with van der Waals surface area (Å²) in [7, 11) is 0. The van der Waals surface area contributed by atoms with Gasteiger partial charge in [0.25, 0.3) is 5.91 Å². The Morgan fingerprint density at radius 2 is 1.72 bits per heavy atom. The van der Waals surface area contributed by atoms with Gasteiger partial charge < -0.3 is 19.9 Å². The average molecular weight is 350 g/mol. The van der Waals surface area contributed by atoms with Crippen LogP contribution >= 0.6 is 0 Å². The van der Waals surface area contributed by atoms with Crippen LogP contribution in [0.4, 0.5) is 4.79 Å². The third kappa shape index (κ3) is 7.53. The number of rotatable bonds is 7. The second kappa shape index (κ2) is 10.0. The Kier molecular flexibility index (Phi) is 7.69. The number of quaternary nitrogens is 2. The molecule has 2 rings (SSSR count). The lowest BCUT2D eigenvalue weighted by atomic mass is 10.3. The standard InChI is InChI=1S/C18H28N4O3/c1-15(2)19-18(24)20-17(23)14-22-10-8-21(9-11-22)12-13-25-16-6-4-3-5-7-16/h3-7,15H,8-14H2,1-2H3,(H2,19,20,23,24)/p+2.